The fourth-order valence-electron chi connectivity index (χ4n) is 2.21. The number of pyridine rings is 1. The maximum atomic E-state index is 11.9. The molecule has 6 nitrogen and oxygen atoms in total. The first-order valence-electron chi connectivity index (χ1n) is 7.43. The molecule has 6 heteroatoms. The molecular formula is C17H19N3O3. The number of aromatic nitrogens is 1. The molecule has 0 radical (unpaired) electrons. The van der Waals surface area contributed by atoms with Crippen LogP contribution in [0.25, 0.3) is 0 Å². The first-order valence-corrected chi connectivity index (χ1v) is 7.43. The molecule has 1 aromatic carbocycles. The number of hydrogen-bond acceptors (Lipinski definition) is 4. The summed E-state index contributed by atoms with van der Waals surface area (Å²) >= 11 is 0. The van der Waals surface area contributed by atoms with Gasteiger partial charge in [0.2, 0.25) is 5.91 Å². The number of carboxylic acid groups (broad SMARTS) is 1. The van der Waals surface area contributed by atoms with Crippen LogP contribution >= 0.6 is 0 Å². The molecule has 0 saturated carbocycles. The lowest BCUT2D eigenvalue weighted by Gasteiger charge is -2.16. The van der Waals surface area contributed by atoms with Crippen LogP contribution in [0.1, 0.15) is 12.0 Å². The molecule has 23 heavy (non-hydrogen) atoms. The summed E-state index contributed by atoms with van der Waals surface area (Å²) in [5.41, 5.74) is 1.67. The molecule has 1 heterocycles. The number of nitrogens with zero attached hydrogens (tertiary/aromatic N) is 1. The molecule has 0 aliphatic heterocycles. The van der Waals surface area contributed by atoms with Crippen LogP contribution in [0, 0.1) is 0 Å². The van der Waals surface area contributed by atoms with E-state index in [1.54, 1.807) is 23.6 Å². The van der Waals surface area contributed by atoms with Crippen molar-refractivity contribution in [1.82, 2.24) is 4.98 Å². The highest BCUT2D eigenvalue weighted by atomic mass is 16.4. The minimum absolute atomic E-state index is 0.147. The van der Waals surface area contributed by atoms with Crippen LogP contribution in [0.5, 0.6) is 0 Å². The molecule has 0 bridgehead atoms. The number of carbonyl (C=O) groups excluding carboxylic acids is 2. The number of nitrogens with two attached hydrogens (primary N) is 1. The van der Waals surface area contributed by atoms with Crippen molar-refractivity contribution in [2.24, 2.45) is 0 Å². The maximum absolute atomic E-state index is 11.9. The Morgan fingerprint density at radius 1 is 1.17 bits per heavy atom. The number of hydrogen-bond donors (Lipinski definition) is 2. The van der Waals surface area contributed by atoms with E-state index in [2.05, 4.69) is 10.3 Å². The summed E-state index contributed by atoms with van der Waals surface area (Å²) < 4.78 is 0. The minimum atomic E-state index is -1.24. The van der Waals surface area contributed by atoms with Crippen molar-refractivity contribution < 1.29 is 20.0 Å². The van der Waals surface area contributed by atoms with Crippen LogP contribution in [-0.4, -0.2) is 29.4 Å². The van der Waals surface area contributed by atoms with Gasteiger partial charge >= 0.3 is 0 Å². The van der Waals surface area contributed by atoms with E-state index in [1.165, 1.54) is 6.20 Å². The third-order valence-electron chi connectivity index (χ3n) is 3.38. The van der Waals surface area contributed by atoms with E-state index in [-0.39, 0.29) is 12.3 Å². The summed E-state index contributed by atoms with van der Waals surface area (Å²) in [5, 5.41) is 15.4. The SMILES string of the molecule is O=C(C[C@H]([NH2+]CCc1ccccc1)C(=O)[O-])Nc1cccnc1. The monoisotopic (exact) mass is 313 g/mol. The largest absolute Gasteiger partial charge is 0.544 e. The van der Waals surface area contributed by atoms with Gasteiger partial charge in [0, 0.05) is 12.6 Å². The van der Waals surface area contributed by atoms with Crippen LogP contribution in [0.15, 0.2) is 54.9 Å². The summed E-state index contributed by atoms with van der Waals surface area (Å²) in [6.07, 6.45) is 3.68. The van der Waals surface area contributed by atoms with E-state index >= 15 is 0 Å². The van der Waals surface area contributed by atoms with Crippen molar-refractivity contribution in [2.45, 2.75) is 18.9 Å². The number of nitrogens with one attached hydrogen (secondary N) is 1. The Kier molecular flexibility index (Phi) is 6.26. The molecule has 0 aliphatic rings. The Bertz CT molecular complexity index is 632. The number of carboxylic acids is 1. The van der Waals surface area contributed by atoms with Crippen molar-refractivity contribution in [3.63, 3.8) is 0 Å². The number of quaternary nitrogens is 1. The standard InChI is InChI=1S/C17H19N3O3/c21-16(20-14-7-4-9-18-12-14)11-15(17(22)23)19-10-8-13-5-2-1-3-6-13/h1-7,9,12,15,19H,8,10-11H2,(H,20,21)(H,22,23)/t15-/m0/s1. The lowest BCUT2D eigenvalue weighted by molar-refractivity contribution is -0.682. The Balaban J connectivity index is 1.81. The van der Waals surface area contributed by atoms with Gasteiger partial charge in [0.25, 0.3) is 0 Å². The zero-order valence-corrected chi connectivity index (χ0v) is 12.6. The van der Waals surface area contributed by atoms with Crippen LogP contribution in [0.3, 0.4) is 0 Å². The highest BCUT2D eigenvalue weighted by Crippen LogP contribution is 2.03. The zero-order chi connectivity index (χ0) is 16.5. The van der Waals surface area contributed by atoms with Gasteiger partial charge < -0.3 is 20.5 Å². The molecule has 0 aliphatic carbocycles. The number of benzene rings is 1. The Hall–Kier alpha value is -2.73. The normalized spacial score (nSPS) is 11.7. The highest BCUT2D eigenvalue weighted by Gasteiger charge is 2.18. The highest BCUT2D eigenvalue weighted by molar-refractivity contribution is 5.93. The van der Waals surface area contributed by atoms with Gasteiger partial charge in [0.15, 0.2) is 0 Å². The van der Waals surface area contributed by atoms with Gasteiger partial charge in [-0.2, -0.15) is 0 Å². The smallest absolute Gasteiger partial charge is 0.230 e. The fraction of sp³-hybridized carbons (Fsp3) is 0.235. The second kappa shape index (κ2) is 8.65. The van der Waals surface area contributed by atoms with Gasteiger partial charge in [0.1, 0.15) is 6.04 Å². The van der Waals surface area contributed by atoms with Gasteiger partial charge in [-0.25, -0.2) is 0 Å². The van der Waals surface area contributed by atoms with Gasteiger partial charge in [-0.15, -0.1) is 0 Å². The van der Waals surface area contributed by atoms with Crippen LogP contribution in [0.4, 0.5) is 5.69 Å². The van der Waals surface area contributed by atoms with E-state index in [0.717, 1.165) is 12.0 Å². The van der Waals surface area contributed by atoms with Crippen molar-refractivity contribution >= 4 is 17.6 Å². The maximum Gasteiger partial charge on any atom is 0.230 e. The summed E-state index contributed by atoms with van der Waals surface area (Å²) in [6.45, 7) is 0.572. The zero-order valence-electron chi connectivity index (χ0n) is 12.6. The summed E-state index contributed by atoms with van der Waals surface area (Å²) in [4.78, 5) is 27.0. The van der Waals surface area contributed by atoms with Gasteiger partial charge in [0.05, 0.1) is 30.8 Å². The van der Waals surface area contributed by atoms with Gasteiger partial charge in [-0.05, 0) is 17.7 Å². The summed E-state index contributed by atoms with van der Waals surface area (Å²) in [5.74, 6) is -1.61. The van der Waals surface area contributed by atoms with Crippen LogP contribution in [0.2, 0.25) is 0 Å². The molecule has 3 N–H and O–H groups in total. The fourth-order valence-corrected chi connectivity index (χ4v) is 2.21. The third-order valence-corrected chi connectivity index (χ3v) is 3.38. The second-order valence-electron chi connectivity index (χ2n) is 5.18. The Morgan fingerprint density at radius 2 is 1.96 bits per heavy atom. The molecule has 0 spiro atoms. The van der Waals surface area contributed by atoms with Gasteiger partial charge in [-0.1, -0.05) is 30.3 Å². The summed E-state index contributed by atoms with van der Waals surface area (Å²) in [7, 11) is 0. The van der Waals surface area contributed by atoms with E-state index in [4.69, 9.17) is 0 Å². The molecular weight excluding hydrogens is 294 g/mol. The van der Waals surface area contributed by atoms with E-state index in [0.29, 0.717) is 12.2 Å². The third kappa shape index (κ3) is 5.88. The van der Waals surface area contributed by atoms with Gasteiger partial charge in [-0.3, -0.25) is 9.78 Å². The Morgan fingerprint density at radius 3 is 2.61 bits per heavy atom. The summed E-state index contributed by atoms with van der Waals surface area (Å²) in [6, 6.07) is 12.2. The predicted molar refractivity (Wildman–Crippen MR) is 83.2 cm³/mol. The first-order chi connectivity index (χ1) is 11.1. The van der Waals surface area contributed by atoms with Crippen LogP contribution < -0.4 is 15.7 Å². The minimum Gasteiger partial charge on any atom is -0.544 e. The predicted octanol–water partition coefficient (Wildman–Crippen LogP) is -0.665. The first kappa shape index (κ1) is 16.6. The van der Waals surface area contributed by atoms with Crippen molar-refractivity contribution in [3.05, 3.63) is 60.4 Å². The average Bonchev–Trinajstić information content (AvgIpc) is 2.55. The lowest BCUT2D eigenvalue weighted by Crippen LogP contribution is -2.93. The van der Waals surface area contributed by atoms with Crippen molar-refractivity contribution in [2.75, 3.05) is 11.9 Å². The van der Waals surface area contributed by atoms with Crippen LogP contribution in [-0.2, 0) is 16.0 Å². The second-order valence-corrected chi connectivity index (χ2v) is 5.18. The van der Waals surface area contributed by atoms with Crippen molar-refractivity contribution in [1.29, 1.82) is 0 Å². The van der Waals surface area contributed by atoms with E-state index < -0.39 is 12.0 Å². The molecule has 0 saturated heterocycles. The topological polar surface area (TPSA) is 98.7 Å². The van der Waals surface area contributed by atoms with E-state index in [9.17, 15) is 14.7 Å². The number of aliphatic carboxylic acids is 1. The average molecular weight is 313 g/mol. The molecule has 2 rings (SSSR count). The lowest BCUT2D eigenvalue weighted by atomic mass is 10.1. The molecule has 1 amide bonds. The number of amides is 1. The molecule has 0 fully saturated rings. The van der Waals surface area contributed by atoms with E-state index in [1.807, 2.05) is 30.3 Å². The molecule has 2 aromatic rings. The quantitative estimate of drug-likeness (QED) is 0.675. The molecule has 1 aromatic heterocycles. The molecule has 1 atom stereocenters. The Labute approximate surface area is 134 Å². The molecule has 0 unspecified atom stereocenters. The number of anilines is 1. The molecule has 120 valence electrons. The number of carbonyl (C=O) groups is 2. The van der Waals surface area contributed by atoms with Crippen molar-refractivity contribution in [3.8, 4) is 0 Å². The number of rotatable bonds is 8.